The van der Waals surface area contributed by atoms with Crippen LogP contribution in [0.15, 0.2) is 53.0 Å². The van der Waals surface area contributed by atoms with E-state index >= 15 is 0 Å². The summed E-state index contributed by atoms with van der Waals surface area (Å²) in [4.78, 5) is 0.260. The Balaban J connectivity index is 2.31. The van der Waals surface area contributed by atoms with Gasteiger partial charge in [-0.3, -0.25) is 0 Å². The molecule has 2 rings (SSSR count). The Kier molecular flexibility index (Phi) is 4.44. The second-order valence-electron chi connectivity index (χ2n) is 3.47. The largest absolute Gasteiger partial charge is 0.0786 e. The van der Waals surface area contributed by atoms with Crippen molar-refractivity contribution in [2.45, 2.75) is 4.83 Å². The van der Waals surface area contributed by atoms with Gasteiger partial charge in [-0.25, -0.2) is 0 Å². The van der Waals surface area contributed by atoms with E-state index in [2.05, 4.69) is 103 Å². The van der Waals surface area contributed by atoms with Crippen molar-refractivity contribution in [3.63, 3.8) is 0 Å². The van der Waals surface area contributed by atoms with Crippen molar-refractivity contribution in [1.29, 1.82) is 0 Å². The highest BCUT2D eigenvalue weighted by Crippen LogP contribution is 2.31. The van der Waals surface area contributed by atoms with Gasteiger partial charge in [0.1, 0.15) is 0 Å². The van der Waals surface area contributed by atoms with Crippen LogP contribution in [0.3, 0.4) is 0 Å². The van der Waals surface area contributed by atoms with E-state index in [1.807, 2.05) is 0 Å². The standard InChI is InChI=1S/C13H9Br2I/c14-11-6-4-9(5-7-11)13(15)10-2-1-3-12(16)8-10/h1-8,13H. The van der Waals surface area contributed by atoms with Crippen molar-refractivity contribution >= 4 is 54.5 Å². The lowest BCUT2D eigenvalue weighted by molar-refractivity contribution is 1.17. The fourth-order valence-electron chi connectivity index (χ4n) is 1.49. The first-order chi connectivity index (χ1) is 7.66. The Hall–Kier alpha value is 0.130. The molecule has 0 heterocycles. The molecule has 16 heavy (non-hydrogen) atoms. The van der Waals surface area contributed by atoms with E-state index in [1.165, 1.54) is 14.7 Å². The minimum absolute atomic E-state index is 0.260. The lowest BCUT2D eigenvalue weighted by Gasteiger charge is -2.11. The Bertz CT molecular complexity index is 480. The van der Waals surface area contributed by atoms with Gasteiger partial charge in [-0.15, -0.1) is 0 Å². The molecule has 0 spiro atoms. The molecule has 3 heteroatoms. The molecule has 0 radical (unpaired) electrons. The molecule has 0 N–H and O–H groups in total. The smallest absolute Gasteiger partial charge is 0.0645 e. The molecule has 0 aliphatic heterocycles. The lowest BCUT2D eigenvalue weighted by Crippen LogP contribution is -1.92. The maximum absolute atomic E-state index is 3.73. The van der Waals surface area contributed by atoms with Gasteiger partial charge in [0.15, 0.2) is 0 Å². The first-order valence-electron chi connectivity index (χ1n) is 4.82. The van der Waals surface area contributed by atoms with Gasteiger partial charge in [0, 0.05) is 8.04 Å². The quantitative estimate of drug-likeness (QED) is 0.415. The summed E-state index contributed by atoms with van der Waals surface area (Å²) in [5.74, 6) is 0. The molecule has 1 unspecified atom stereocenters. The van der Waals surface area contributed by atoms with Crippen LogP contribution in [0.4, 0.5) is 0 Å². The molecule has 2 aromatic rings. The molecule has 0 nitrogen and oxygen atoms in total. The van der Waals surface area contributed by atoms with Gasteiger partial charge < -0.3 is 0 Å². The van der Waals surface area contributed by atoms with Crippen molar-refractivity contribution in [2.24, 2.45) is 0 Å². The number of halogens is 3. The summed E-state index contributed by atoms with van der Waals surface area (Å²) in [5, 5.41) is 0. The third kappa shape index (κ3) is 3.08. The molecule has 0 aliphatic rings. The van der Waals surface area contributed by atoms with Gasteiger partial charge in [0.2, 0.25) is 0 Å². The Labute approximate surface area is 126 Å². The average Bonchev–Trinajstić information content (AvgIpc) is 2.29. The van der Waals surface area contributed by atoms with Crippen molar-refractivity contribution in [1.82, 2.24) is 0 Å². The maximum Gasteiger partial charge on any atom is 0.0645 e. The van der Waals surface area contributed by atoms with Gasteiger partial charge in [0.25, 0.3) is 0 Å². The zero-order chi connectivity index (χ0) is 11.5. The van der Waals surface area contributed by atoms with Crippen LogP contribution in [0.25, 0.3) is 0 Å². The van der Waals surface area contributed by atoms with E-state index in [4.69, 9.17) is 0 Å². The van der Waals surface area contributed by atoms with Crippen LogP contribution < -0.4 is 0 Å². The predicted octanol–water partition coefficient (Wildman–Crippen LogP) is 5.54. The third-order valence-electron chi connectivity index (χ3n) is 2.30. The summed E-state index contributed by atoms with van der Waals surface area (Å²) >= 11 is 9.52. The number of hydrogen-bond acceptors (Lipinski definition) is 0. The summed E-state index contributed by atoms with van der Waals surface area (Å²) in [7, 11) is 0. The van der Waals surface area contributed by atoms with Crippen LogP contribution in [0.2, 0.25) is 0 Å². The normalized spacial score (nSPS) is 12.4. The molecule has 0 saturated heterocycles. The predicted molar refractivity (Wildman–Crippen MR) is 84.1 cm³/mol. The third-order valence-corrected chi connectivity index (χ3v) is 4.56. The van der Waals surface area contributed by atoms with Crippen LogP contribution in [0.5, 0.6) is 0 Å². The summed E-state index contributed by atoms with van der Waals surface area (Å²) in [6.45, 7) is 0. The Morgan fingerprint density at radius 3 is 2.25 bits per heavy atom. The zero-order valence-electron chi connectivity index (χ0n) is 8.33. The van der Waals surface area contributed by atoms with Gasteiger partial charge >= 0.3 is 0 Å². The molecular weight excluding hydrogens is 443 g/mol. The molecule has 2 aromatic carbocycles. The summed E-state index contributed by atoms with van der Waals surface area (Å²) in [6, 6.07) is 16.9. The molecule has 82 valence electrons. The SMILES string of the molecule is Brc1ccc(C(Br)c2cccc(I)c2)cc1. The topological polar surface area (TPSA) is 0 Å². The molecule has 0 fully saturated rings. The minimum atomic E-state index is 0.260. The van der Waals surface area contributed by atoms with Crippen molar-refractivity contribution in [2.75, 3.05) is 0 Å². The Morgan fingerprint density at radius 2 is 1.62 bits per heavy atom. The minimum Gasteiger partial charge on any atom is -0.0786 e. The zero-order valence-corrected chi connectivity index (χ0v) is 13.7. The maximum atomic E-state index is 3.73. The number of hydrogen-bond donors (Lipinski definition) is 0. The van der Waals surface area contributed by atoms with E-state index < -0.39 is 0 Å². The second-order valence-corrected chi connectivity index (χ2v) is 6.55. The fraction of sp³-hybridized carbons (Fsp3) is 0.0769. The van der Waals surface area contributed by atoms with Gasteiger partial charge in [0.05, 0.1) is 4.83 Å². The Morgan fingerprint density at radius 1 is 0.938 bits per heavy atom. The van der Waals surface area contributed by atoms with E-state index in [-0.39, 0.29) is 4.83 Å². The van der Waals surface area contributed by atoms with E-state index in [9.17, 15) is 0 Å². The van der Waals surface area contributed by atoms with Crippen molar-refractivity contribution in [3.05, 3.63) is 67.7 Å². The highest BCUT2D eigenvalue weighted by Gasteiger charge is 2.09. The van der Waals surface area contributed by atoms with Gasteiger partial charge in [-0.2, -0.15) is 0 Å². The van der Waals surface area contributed by atoms with E-state index in [1.54, 1.807) is 0 Å². The fourth-order valence-corrected chi connectivity index (χ4v) is 2.91. The highest BCUT2D eigenvalue weighted by atomic mass is 127. The molecule has 0 bridgehead atoms. The first kappa shape index (κ1) is 12.6. The van der Waals surface area contributed by atoms with Crippen LogP contribution in [-0.4, -0.2) is 0 Å². The monoisotopic (exact) mass is 450 g/mol. The lowest BCUT2D eigenvalue weighted by atomic mass is 10.1. The molecule has 0 aromatic heterocycles. The van der Waals surface area contributed by atoms with Gasteiger partial charge in [-0.05, 0) is 58.0 Å². The van der Waals surface area contributed by atoms with Crippen LogP contribution in [-0.2, 0) is 0 Å². The average molecular weight is 452 g/mol. The van der Waals surface area contributed by atoms with Crippen LogP contribution >= 0.6 is 54.5 Å². The van der Waals surface area contributed by atoms with Crippen molar-refractivity contribution < 1.29 is 0 Å². The summed E-state index contributed by atoms with van der Waals surface area (Å²) in [6.07, 6.45) is 0. The number of alkyl halides is 1. The first-order valence-corrected chi connectivity index (χ1v) is 7.60. The van der Waals surface area contributed by atoms with Crippen molar-refractivity contribution in [3.8, 4) is 0 Å². The van der Waals surface area contributed by atoms with E-state index in [0.717, 1.165) is 4.47 Å². The van der Waals surface area contributed by atoms with Crippen LogP contribution in [0, 0.1) is 3.57 Å². The summed E-state index contributed by atoms with van der Waals surface area (Å²) < 4.78 is 2.37. The molecular formula is C13H9Br2I. The number of rotatable bonds is 2. The van der Waals surface area contributed by atoms with E-state index in [0.29, 0.717) is 0 Å². The molecule has 0 amide bonds. The number of benzene rings is 2. The molecule has 0 aliphatic carbocycles. The molecule has 0 saturated carbocycles. The second kappa shape index (κ2) is 5.65. The highest BCUT2D eigenvalue weighted by molar-refractivity contribution is 14.1. The molecule has 1 atom stereocenters. The summed E-state index contributed by atoms with van der Waals surface area (Å²) in [5.41, 5.74) is 2.56. The van der Waals surface area contributed by atoms with Gasteiger partial charge in [-0.1, -0.05) is 56.1 Å². The van der Waals surface area contributed by atoms with Crippen LogP contribution in [0.1, 0.15) is 16.0 Å².